The molecule has 2 heterocycles. The fraction of sp³-hybridized carbons (Fsp3) is 0.385. The Kier molecular flexibility index (Phi) is 4.01. The largest absolute Gasteiger partial charge is 0.467 e. The maximum Gasteiger partial charge on any atom is 0.129 e. The molecule has 2 rings (SSSR count). The molecule has 0 amide bonds. The SMILES string of the molecule is CNCc1cc(COCc2ccco2)c(C)o1. The summed E-state index contributed by atoms with van der Waals surface area (Å²) < 4.78 is 16.3. The molecule has 92 valence electrons. The van der Waals surface area contributed by atoms with Crippen LogP contribution in [0, 0.1) is 6.92 Å². The van der Waals surface area contributed by atoms with E-state index in [2.05, 4.69) is 5.32 Å². The number of nitrogens with one attached hydrogen (secondary N) is 1. The van der Waals surface area contributed by atoms with Gasteiger partial charge in [-0.1, -0.05) is 0 Å². The first-order valence-electron chi connectivity index (χ1n) is 5.62. The second-order valence-corrected chi connectivity index (χ2v) is 3.90. The van der Waals surface area contributed by atoms with E-state index in [4.69, 9.17) is 13.6 Å². The van der Waals surface area contributed by atoms with Crippen LogP contribution in [-0.4, -0.2) is 7.05 Å². The van der Waals surface area contributed by atoms with Crippen LogP contribution in [-0.2, 0) is 24.5 Å². The van der Waals surface area contributed by atoms with Gasteiger partial charge in [0.1, 0.15) is 23.9 Å². The summed E-state index contributed by atoms with van der Waals surface area (Å²) in [6.07, 6.45) is 1.65. The molecule has 0 spiro atoms. The lowest BCUT2D eigenvalue weighted by molar-refractivity contribution is 0.0921. The molecule has 0 saturated heterocycles. The van der Waals surface area contributed by atoms with Crippen LogP contribution >= 0.6 is 0 Å². The summed E-state index contributed by atoms with van der Waals surface area (Å²) in [5.74, 6) is 2.68. The highest BCUT2D eigenvalue weighted by Gasteiger charge is 2.07. The van der Waals surface area contributed by atoms with Crippen molar-refractivity contribution in [3.8, 4) is 0 Å². The normalized spacial score (nSPS) is 10.9. The Morgan fingerprint density at radius 3 is 2.88 bits per heavy atom. The monoisotopic (exact) mass is 235 g/mol. The van der Waals surface area contributed by atoms with Gasteiger partial charge in [0.2, 0.25) is 0 Å². The number of ether oxygens (including phenoxy) is 1. The first kappa shape index (κ1) is 12.0. The lowest BCUT2D eigenvalue weighted by Crippen LogP contribution is -2.03. The van der Waals surface area contributed by atoms with Crippen molar-refractivity contribution in [2.75, 3.05) is 7.05 Å². The molecule has 4 nitrogen and oxygen atoms in total. The average molecular weight is 235 g/mol. The Hall–Kier alpha value is -1.52. The van der Waals surface area contributed by atoms with Crippen molar-refractivity contribution in [1.82, 2.24) is 5.32 Å². The van der Waals surface area contributed by atoms with E-state index in [-0.39, 0.29) is 0 Å². The Balaban J connectivity index is 1.86. The van der Waals surface area contributed by atoms with Crippen molar-refractivity contribution in [3.05, 3.63) is 47.3 Å². The van der Waals surface area contributed by atoms with Crippen LogP contribution in [0.15, 0.2) is 33.3 Å². The van der Waals surface area contributed by atoms with E-state index < -0.39 is 0 Å². The summed E-state index contributed by atoms with van der Waals surface area (Å²) in [7, 11) is 1.89. The van der Waals surface area contributed by atoms with Crippen molar-refractivity contribution in [1.29, 1.82) is 0 Å². The second-order valence-electron chi connectivity index (χ2n) is 3.90. The van der Waals surface area contributed by atoms with Gasteiger partial charge in [-0.2, -0.15) is 0 Å². The van der Waals surface area contributed by atoms with E-state index in [9.17, 15) is 0 Å². The van der Waals surface area contributed by atoms with Crippen molar-refractivity contribution in [3.63, 3.8) is 0 Å². The molecular formula is C13H17NO3. The van der Waals surface area contributed by atoms with Gasteiger partial charge in [0, 0.05) is 5.56 Å². The zero-order chi connectivity index (χ0) is 12.1. The molecule has 0 fully saturated rings. The Bertz CT molecular complexity index is 445. The molecule has 2 aromatic rings. The number of furan rings is 2. The molecule has 0 unspecified atom stereocenters. The first-order valence-corrected chi connectivity index (χ1v) is 5.62. The van der Waals surface area contributed by atoms with Gasteiger partial charge in [-0.3, -0.25) is 0 Å². The summed E-state index contributed by atoms with van der Waals surface area (Å²) in [6, 6.07) is 5.77. The molecule has 0 aliphatic heterocycles. The molecule has 2 aromatic heterocycles. The van der Waals surface area contributed by atoms with Crippen LogP contribution in [0.4, 0.5) is 0 Å². The molecule has 0 aromatic carbocycles. The smallest absolute Gasteiger partial charge is 0.129 e. The van der Waals surface area contributed by atoms with Gasteiger partial charge in [-0.05, 0) is 32.2 Å². The molecule has 0 saturated carbocycles. The maximum absolute atomic E-state index is 5.58. The van der Waals surface area contributed by atoms with E-state index in [1.807, 2.05) is 32.2 Å². The first-order chi connectivity index (χ1) is 8.29. The van der Waals surface area contributed by atoms with Gasteiger partial charge in [0.05, 0.1) is 19.4 Å². The third kappa shape index (κ3) is 3.22. The van der Waals surface area contributed by atoms with Gasteiger partial charge in [0.25, 0.3) is 0 Å². The lowest BCUT2D eigenvalue weighted by atomic mass is 10.2. The second kappa shape index (κ2) is 5.70. The van der Waals surface area contributed by atoms with E-state index in [0.717, 1.165) is 29.4 Å². The van der Waals surface area contributed by atoms with Gasteiger partial charge in [0.15, 0.2) is 0 Å². The van der Waals surface area contributed by atoms with E-state index in [1.54, 1.807) is 6.26 Å². The molecule has 0 radical (unpaired) electrons. The molecule has 0 aliphatic carbocycles. The minimum Gasteiger partial charge on any atom is -0.467 e. The highest BCUT2D eigenvalue weighted by molar-refractivity contribution is 5.19. The molecule has 0 bridgehead atoms. The molecule has 1 N–H and O–H groups in total. The van der Waals surface area contributed by atoms with Gasteiger partial charge in [-0.25, -0.2) is 0 Å². The van der Waals surface area contributed by atoms with E-state index in [1.165, 1.54) is 0 Å². The summed E-state index contributed by atoms with van der Waals surface area (Å²) in [4.78, 5) is 0. The van der Waals surface area contributed by atoms with Crippen LogP contribution in [0.1, 0.15) is 22.8 Å². The van der Waals surface area contributed by atoms with Crippen LogP contribution in [0.25, 0.3) is 0 Å². The van der Waals surface area contributed by atoms with Crippen LogP contribution in [0.3, 0.4) is 0 Å². The van der Waals surface area contributed by atoms with E-state index in [0.29, 0.717) is 13.2 Å². The lowest BCUT2D eigenvalue weighted by Gasteiger charge is -2.00. The third-order valence-corrected chi connectivity index (χ3v) is 2.50. The van der Waals surface area contributed by atoms with Crippen molar-refractivity contribution >= 4 is 0 Å². The maximum atomic E-state index is 5.58. The standard InChI is InChI=1S/C13H17NO3/c1-10-11(6-13(17-10)7-14-2)8-15-9-12-4-3-5-16-12/h3-6,14H,7-9H2,1-2H3. The zero-order valence-corrected chi connectivity index (χ0v) is 10.2. The van der Waals surface area contributed by atoms with Gasteiger partial charge >= 0.3 is 0 Å². The summed E-state index contributed by atoms with van der Waals surface area (Å²) in [5, 5.41) is 3.05. The summed E-state index contributed by atoms with van der Waals surface area (Å²) in [6.45, 7) is 3.71. The minimum atomic E-state index is 0.485. The average Bonchev–Trinajstić information content (AvgIpc) is 2.90. The molecule has 17 heavy (non-hydrogen) atoms. The predicted molar refractivity (Wildman–Crippen MR) is 63.4 cm³/mol. The molecular weight excluding hydrogens is 218 g/mol. The van der Waals surface area contributed by atoms with E-state index >= 15 is 0 Å². The molecule has 0 aliphatic rings. The highest BCUT2D eigenvalue weighted by atomic mass is 16.5. The topological polar surface area (TPSA) is 47.5 Å². The summed E-state index contributed by atoms with van der Waals surface area (Å²) >= 11 is 0. The van der Waals surface area contributed by atoms with Crippen molar-refractivity contribution in [2.45, 2.75) is 26.7 Å². The fourth-order valence-corrected chi connectivity index (χ4v) is 1.65. The number of rotatable bonds is 6. The predicted octanol–water partition coefficient (Wildman–Crippen LogP) is 2.62. The molecule has 0 atom stereocenters. The quantitative estimate of drug-likeness (QED) is 0.836. The Morgan fingerprint density at radius 1 is 1.29 bits per heavy atom. The Labute approximate surface area is 101 Å². The number of hydrogen-bond acceptors (Lipinski definition) is 4. The van der Waals surface area contributed by atoms with Crippen LogP contribution in [0.2, 0.25) is 0 Å². The van der Waals surface area contributed by atoms with Crippen LogP contribution in [0.5, 0.6) is 0 Å². The fourth-order valence-electron chi connectivity index (χ4n) is 1.65. The highest BCUT2D eigenvalue weighted by Crippen LogP contribution is 2.16. The number of aryl methyl sites for hydroxylation is 1. The number of hydrogen-bond donors (Lipinski definition) is 1. The molecule has 4 heteroatoms. The van der Waals surface area contributed by atoms with Crippen molar-refractivity contribution in [2.24, 2.45) is 0 Å². The zero-order valence-electron chi connectivity index (χ0n) is 10.2. The van der Waals surface area contributed by atoms with Crippen LogP contribution < -0.4 is 5.32 Å². The van der Waals surface area contributed by atoms with Gasteiger partial charge < -0.3 is 18.9 Å². The summed E-state index contributed by atoms with van der Waals surface area (Å²) in [5.41, 5.74) is 1.09. The van der Waals surface area contributed by atoms with Gasteiger partial charge in [-0.15, -0.1) is 0 Å². The third-order valence-electron chi connectivity index (χ3n) is 2.50. The van der Waals surface area contributed by atoms with Crippen molar-refractivity contribution < 1.29 is 13.6 Å². The minimum absolute atomic E-state index is 0.485. The Morgan fingerprint density at radius 2 is 2.18 bits per heavy atom.